The van der Waals surface area contributed by atoms with Gasteiger partial charge in [-0.15, -0.1) is 0 Å². The van der Waals surface area contributed by atoms with Gasteiger partial charge in [0.15, 0.2) is 0 Å². The van der Waals surface area contributed by atoms with Crippen LogP contribution in [0.15, 0.2) is 0 Å². The highest BCUT2D eigenvalue weighted by Gasteiger charge is 2.25. The summed E-state index contributed by atoms with van der Waals surface area (Å²) in [6, 6.07) is 0. The van der Waals surface area contributed by atoms with Gasteiger partial charge in [-0.25, -0.2) is 9.13 Å². The number of phosphoric ester groups is 2. The highest BCUT2D eigenvalue weighted by Crippen LogP contribution is 2.49. The molecule has 0 aromatic carbocycles. The highest BCUT2D eigenvalue weighted by molar-refractivity contribution is 7.48. The Kier molecular flexibility index (Phi) is 12.1. The summed E-state index contributed by atoms with van der Waals surface area (Å²) in [6.07, 6.45) is 0. The first-order valence-corrected chi connectivity index (χ1v) is 9.90. The second-order valence-electron chi connectivity index (χ2n) is 3.47. The molecule has 22 heavy (non-hydrogen) atoms. The third-order valence-corrected chi connectivity index (χ3v) is 5.05. The monoisotopic (exact) mass is 358 g/mol. The molecule has 0 bridgehead atoms. The van der Waals surface area contributed by atoms with Crippen LogP contribution in [-0.2, 0) is 36.3 Å². The van der Waals surface area contributed by atoms with Gasteiger partial charge in [0.05, 0.1) is 26.4 Å². The van der Waals surface area contributed by atoms with Gasteiger partial charge in [0, 0.05) is 0 Å². The number of phosphoric acid groups is 2. The van der Waals surface area contributed by atoms with Gasteiger partial charge in [0.1, 0.15) is 13.2 Å². The molecule has 0 aliphatic heterocycles. The minimum absolute atomic E-state index is 0.172. The summed E-state index contributed by atoms with van der Waals surface area (Å²) in [4.78, 5) is 0. The maximum atomic E-state index is 11.9. The highest BCUT2D eigenvalue weighted by atomic mass is 31.2. The van der Waals surface area contributed by atoms with Crippen LogP contribution in [0.4, 0.5) is 0 Å². The van der Waals surface area contributed by atoms with Crippen molar-refractivity contribution in [3.05, 3.63) is 0 Å². The van der Waals surface area contributed by atoms with Crippen molar-refractivity contribution >= 4 is 15.6 Å². The van der Waals surface area contributed by atoms with Crippen LogP contribution in [0.25, 0.3) is 0 Å². The van der Waals surface area contributed by atoms with E-state index in [0.29, 0.717) is 0 Å². The molecule has 0 aromatic heterocycles. The molecule has 0 heterocycles. The summed E-state index contributed by atoms with van der Waals surface area (Å²) in [5, 5.41) is 0. The Labute approximate surface area is 132 Å². The fraction of sp³-hybridized carbons (Fsp3) is 0.833. The van der Waals surface area contributed by atoms with Gasteiger partial charge in [-0.3, -0.25) is 27.1 Å². The third-order valence-electron chi connectivity index (χ3n) is 1.86. The molecule has 10 heteroatoms. The quantitative estimate of drug-likeness (QED) is 0.387. The van der Waals surface area contributed by atoms with E-state index in [9.17, 15) is 9.13 Å². The molecule has 0 spiro atoms. The average molecular weight is 358 g/mol. The summed E-state index contributed by atoms with van der Waals surface area (Å²) >= 11 is 0. The first-order valence-electron chi connectivity index (χ1n) is 6.98. The molecule has 130 valence electrons. The number of hydrogen-bond acceptors (Lipinski definition) is 8. The molecule has 0 saturated carbocycles. The molecule has 0 fully saturated rings. The van der Waals surface area contributed by atoms with Crippen molar-refractivity contribution < 1.29 is 36.3 Å². The molecule has 0 radical (unpaired) electrons. The average Bonchev–Trinajstić information content (AvgIpc) is 2.44. The first kappa shape index (κ1) is 21.8. The minimum Gasteiger partial charge on any atom is -0.287 e. The lowest BCUT2D eigenvalue weighted by Gasteiger charge is -2.15. The van der Waals surface area contributed by atoms with E-state index in [4.69, 9.17) is 27.1 Å². The van der Waals surface area contributed by atoms with E-state index in [2.05, 4.69) is 11.8 Å². The molecule has 0 atom stereocenters. The van der Waals surface area contributed by atoms with E-state index in [-0.39, 0.29) is 39.6 Å². The normalized spacial score (nSPS) is 12.0. The van der Waals surface area contributed by atoms with Gasteiger partial charge in [-0.1, -0.05) is 11.8 Å². The van der Waals surface area contributed by atoms with Crippen molar-refractivity contribution in [3.8, 4) is 11.8 Å². The Hall–Kier alpha value is -0.220. The lowest BCUT2D eigenvalue weighted by Crippen LogP contribution is -2.01. The second kappa shape index (κ2) is 12.2. The van der Waals surface area contributed by atoms with Crippen molar-refractivity contribution in [1.29, 1.82) is 0 Å². The topological polar surface area (TPSA) is 89.5 Å². The van der Waals surface area contributed by atoms with Gasteiger partial charge in [0.2, 0.25) is 0 Å². The first-order chi connectivity index (χ1) is 10.4. The van der Waals surface area contributed by atoms with Crippen molar-refractivity contribution in [2.75, 3.05) is 39.6 Å². The van der Waals surface area contributed by atoms with Crippen molar-refractivity contribution in [3.63, 3.8) is 0 Å². The maximum absolute atomic E-state index is 11.9. The van der Waals surface area contributed by atoms with Crippen LogP contribution >= 0.6 is 15.6 Å². The zero-order valence-electron chi connectivity index (χ0n) is 13.4. The molecule has 0 aromatic rings. The molecule has 0 rings (SSSR count). The lowest BCUT2D eigenvalue weighted by molar-refractivity contribution is 0.129. The summed E-state index contributed by atoms with van der Waals surface area (Å²) in [5.41, 5.74) is 0. The van der Waals surface area contributed by atoms with E-state index in [1.54, 1.807) is 27.7 Å². The molecule has 0 unspecified atom stereocenters. The van der Waals surface area contributed by atoms with E-state index < -0.39 is 15.6 Å². The van der Waals surface area contributed by atoms with E-state index >= 15 is 0 Å². The van der Waals surface area contributed by atoms with Crippen molar-refractivity contribution in [2.45, 2.75) is 27.7 Å². The molecule has 0 saturated heterocycles. The SMILES string of the molecule is CCOP(=O)(OCC)OCC#CCOP(=O)(OCC)OCC. The predicted octanol–water partition coefficient (Wildman–Crippen LogP) is 3.39. The standard InChI is InChI=1S/C12H24O8P2/c1-5-15-21(13,16-6-2)19-11-9-10-12-20-22(14,17-7-3)18-8-4/h5-8,11-12H2,1-4H3. The fourth-order valence-corrected chi connectivity index (χ4v) is 3.34. The zero-order valence-corrected chi connectivity index (χ0v) is 15.2. The van der Waals surface area contributed by atoms with Gasteiger partial charge in [0.25, 0.3) is 0 Å². The van der Waals surface area contributed by atoms with Crippen molar-refractivity contribution in [2.24, 2.45) is 0 Å². The minimum atomic E-state index is -3.57. The smallest absolute Gasteiger partial charge is 0.287 e. The summed E-state index contributed by atoms with van der Waals surface area (Å²) in [7, 11) is -7.14. The van der Waals surface area contributed by atoms with Crippen LogP contribution < -0.4 is 0 Å². The van der Waals surface area contributed by atoms with E-state index in [0.717, 1.165) is 0 Å². The molecular weight excluding hydrogens is 334 g/mol. The van der Waals surface area contributed by atoms with Gasteiger partial charge >= 0.3 is 15.6 Å². The van der Waals surface area contributed by atoms with Crippen molar-refractivity contribution in [1.82, 2.24) is 0 Å². The largest absolute Gasteiger partial charge is 0.475 e. The molecule has 0 N–H and O–H groups in total. The molecule has 0 aliphatic carbocycles. The van der Waals surface area contributed by atoms with Gasteiger partial charge < -0.3 is 0 Å². The van der Waals surface area contributed by atoms with Gasteiger partial charge in [-0.05, 0) is 27.7 Å². The Morgan fingerprint density at radius 3 is 1.09 bits per heavy atom. The van der Waals surface area contributed by atoms with E-state index in [1.165, 1.54) is 0 Å². The zero-order chi connectivity index (χ0) is 16.9. The number of hydrogen-bond donors (Lipinski definition) is 0. The van der Waals surface area contributed by atoms with E-state index in [1.807, 2.05) is 0 Å². The van der Waals surface area contributed by atoms with Crippen LogP contribution in [0.5, 0.6) is 0 Å². The fourth-order valence-electron chi connectivity index (χ4n) is 1.18. The molecule has 0 aliphatic rings. The Morgan fingerprint density at radius 1 is 0.591 bits per heavy atom. The summed E-state index contributed by atoms with van der Waals surface area (Å²) < 4.78 is 53.5. The third kappa shape index (κ3) is 9.73. The van der Waals surface area contributed by atoms with Crippen LogP contribution in [-0.4, -0.2) is 39.6 Å². The Bertz CT molecular complexity index is 384. The summed E-state index contributed by atoms with van der Waals surface area (Å²) in [5.74, 6) is 5.11. The van der Waals surface area contributed by atoms with Crippen LogP contribution in [0.2, 0.25) is 0 Å². The second-order valence-corrected chi connectivity index (χ2v) is 6.80. The predicted molar refractivity (Wildman–Crippen MR) is 81.4 cm³/mol. The maximum Gasteiger partial charge on any atom is 0.475 e. The Balaban J connectivity index is 4.25. The molecule has 8 nitrogen and oxygen atoms in total. The van der Waals surface area contributed by atoms with Crippen LogP contribution in [0, 0.1) is 11.8 Å². The van der Waals surface area contributed by atoms with Crippen LogP contribution in [0.1, 0.15) is 27.7 Å². The van der Waals surface area contributed by atoms with Crippen LogP contribution in [0.3, 0.4) is 0 Å². The number of rotatable bonds is 12. The summed E-state index contributed by atoms with van der Waals surface area (Å²) in [6.45, 7) is 7.13. The van der Waals surface area contributed by atoms with Gasteiger partial charge in [-0.2, -0.15) is 0 Å². The molecule has 0 amide bonds. The lowest BCUT2D eigenvalue weighted by atomic mass is 10.6. The Morgan fingerprint density at radius 2 is 0.864 bits per heavy atom. The molecular formula is C12H24O8P2.